The Morgan fingerprint density at radius 2 is 1.70 bits per heavy atom. The minimum absolute atomic E-state index is 0.103. The van der Waals surface area contributed by atoms with Gasteiger partial charge in [-0.1, -0.05) is 0 Å². The number of hydrogen-bond donors (Lipinski definition) is 3. The second-order valence-corrected chi connectivity index (χ2v) is 4.86. The summed E-state index contributed by atoms with van der Waals surface area (Å²) >= 11 is 0. The van der Waals surface area contributed by atoms with Crippen molar-refractivity contribution in [3.8, 4) is 23.3 Å². The fourth-order valence-corrected chi connectivity index (χ4v) is 2.35. The van der Waals surface area contributed by atoms with Crippen LogP contribution in [0.5, 0.6) is 11.5 Å². The number of aromatic hydroxyl groups is 2. The smallest absolute Gasteiger partial charge is 0.273 e. The SMILES string of the molecule is N#Cc1cc2cc(O)c(O)cc2n(-c2ccc([NH+]=O)cc2)c1=O. The zero-order valence-electron chi connectivity index (χ0n) is 11.6. The van der Waals surface area contributed by atoms with Crippen LogP contribution in [0.25, 0.3) is 16.6 Å². The highest BCUT2D eigenvalue weighted by Gasteiger charge is 2.14. The molecule has 0 atom stereocenters. The summed E-state index contributed by atoms with van der Waals surface area (Å²) in [4.78, 5) is 23.1. The summed E-state index contributed by atoms with van der Waals surface area (Å²) < 4.78 is 1.24. The Hall–Kier alpha value is -3.66. The quantitative estimate of drug-likeness (QED) is 0.604. The van der Waals surface area contributed by atoms with E-state index in [0.29, 0.717) is 22.3 Å². The van der Waals surface area contributed by atoms with Gasteiger partial charge in [-0.25, -0.2) is 0 Å². The number of hydrogen-bond acceptors (Lipinski definition) is 5. The summed E-state index contributed by atoms with van der Waals surface area (Å²) in [5.41, 5.74) is 0.401. The molecule has 1 heterocycles. The number of phenols is 2. The van der Waals surface area contributed by atoms with Crippen molar-refractivity contribution in [3.05, 3.63) is 63.3 Å². The molecule has 7 heteroatoms. The molecule has 3 rings (SSSR count). The molecule has 0 amide bonds. The molecule has 0 fully saturated rings. The molecule has 0 radical (unpaired) electrons. The zero-order valence-corrected chi connectivity index (χ0v) is 11.6. The van der Waals surface area contributed by atoms with Gasteiger partial charge in [0.1, 0.15) is 11.6 Å². The molecule has 1 aromatic heterocycles. The first kappa shape index (κ1) is 14.3. The number of nitroso groups, excluding NO2 is 1. The lowest BCUT2D eigenvalue weighted by Crippen LogP contribution is -2.55. The Bertz CT molecular complexity index is 1030. The number of nitrogens with one attached hydrogen (secondary N) is 1. The summed E-state index contributed by atoms with van der Waals surface area (Å²) in [7, 11) is 0. The molecule has 0 saturated carbocycles. The normalized spacial score (nSPS) is 10.4. The second-order valence-electron chi connectivity index (χ2n) is 4.86. The van der Waals surface area contributed by atoms with Crippen LogP contribution in [0.2, 0.25) is 0 Å². The van der Waals surface area contributed by atoms with Crippen molar-refractivity contribution < 1.29 is 15.4 Å². The molecule has 3 aromatic rings. The van der Waals surface area contributed by atoms with Crippen LogP contribution in [-0.4, -0.2) is 14.8 Å². The maximum absolute atomic E-state index is 12.5. The van der Waals surface area contributed by atoms with Crippen LogP contribution in [0.4, 0.5) is 5.69 Å². The van der Waals surface area contributed by atoms with E-state index >= 15 is 0 Å². The van der Waals surface area contributed by atoms with Crippen LogP contribution in [0, 0.1) is 16.2 Å². The zero-order chi connectivity index (χ0) is 16.6. The number of nitrogens with zero attached hydrogens (tertiary/aromatic N) is 2. The van der Waals surface area contributed by atoms with Crippen LogP contribution >= 0.6 is 0 Å². The van der Waals surface area contributed by atoms with Crippen LogP contribution in [0.3, 0.4) is 0 Å². The van der Waals surface area contributed by atoms with Crippen molar-refractivity contribution in [2.75, 3.05) is 0 Å². The average molecular weight is 308 g/mol. The molecule has 2 aromatic carbocycles. The molecule has 3 N–H and O–H groups in total. The number of phenolic OH excluding ortho intramolecular Hbond substituents is 2. The summed E-state index contributed by atoms with van der Waals surface area (Å²) in [5.74, 6) is -0.731. The molecule has 0 aliphatic heterocycles. The van der Waals surface area contributed by atoms with Crippen LogP contribution in [0.1, 0.15) is 5.56 Å². The maximum Gasteiger partial charge on any atom is 0.273 e. The molecule has 7 nitrogen and oxygen atoms in total. The summed E-state index contributed by atoms with van der Waals surface area (Å²) in [6, 6.07) is 11.7. The molecule has 0 aliphatic carbocycles. The third-order valence-corrected chi connectivity index (χ3v) is 3.46. The molecule has 23 heavy (non-hydrogen) atoms. The molecule has 0 bridgehead atoms. The van der Waals surface area contributed by atoms with Gasteiger partial charge in [0, 0.05) is 39.4 Å². The van der Waals surface area contributed by atoms with E-state index in [1.165, 1.54) is 47.0 Å². The molecule has 0 unspecified atom stereocenters. The fraction of sp³-hybridized carbons (Fsp3) is 0. The third kappa shape index (κ3) is 2.28. The summed E-state index contributed by atoms with van der Waals surface area (Å²) in [6.45, 7) is 0. The Balaban J connectivity index is 2.43. The highest BCUT2D eigenvalue weighted by atomic mass is 16.3. The van der Waals surface area contributed by atoms with Crippen molar-refractivity contribution in [2.24, 2.45) is 0 Å². The van der Waals surface area contributed by atoms with Gasteiger partial charge in [0.05, 0.1) is 5.52 Å². The first-order valence-corrected chi connectivity index (χ1v) is 6.55. The van der Waals surface area contributed by atoms with E-state index in [4.69, 9.17) is 5.26 Å². The van der Waals surface area contributed by atoms with E-state index in [1.807, 2.05) is 6.07 Å². The van der Waals surface area contributed by atoms with Crippen molar-refractivity contribution in [3.63, 3.8) is 0 Å². The van der Waals surface area contributed by atoms with Crippen molar-refractivity contribution in [1.82, 2.24) is 4.57 Å². The first-order chi connectivity index (χ1) is 11.0. The van der Waals surface area contributed by atoms with E-state index in [9.17, 15) is 19.9 Å². The van der Waals surface area contributed by atoms with Crippen molar-refractivity contribution >= 4 is 16.6 Å². The number of benzene rings is 2. The van der Waals surface area contributed by atoms with Crippen LogP contribution in [-0.2, 0) is 0 Å². The lowest BCUT2D eigenvalue weighted by atomic mass is 10.1. The minimum atomic E-state index is -0.562. The minimum Gasteiger partial charge on any atom is -0.504 e. The summed E-state index contributed by atoms with van der Waals surface area (Å²) in [6.07, 6.45) is 0. The van der Waals surface area contributed by atoms with E-state index < -0.39 is 5.56 Å². The average Bonchev–Trinajstić information content (AvgIpc) is 2.56. The summed E-state index contributed by atoms with van der Waals surface area (Å²) in [5, 5.41) is 30.6. The predicted octanol–water partition coefficient (Wildman–Crippen LogP) is 0.752. The molecule has 0 spiro atoms. The number of fused-ring (bicyclic) bond motifs is 1. The Morgan fingerprint density at radius 3 is 2.30 bits per heavy atom. The van der Waals surface area contributed by atoms with Crippen LogP contribution < -0.4 is 10.7 Å². The van der Waals surface area contributed by atoms with Crippen LogP contribution in [0.15, 0.2) is 47.3 Å². The maximum atomic E-state index is 12.5. The Morgan fingerprint density at radius 1 is 1.04 bits per heavy atom. The molecule has 112 valence electrons. The fourth-order valence-electron chi connectivity index (χ4n) is 2.35. The number of nitriles is 1. The lowest BCUT2D eigenvalue weighted by Gasteiger charge is -2.12. The molecular weight excluding hydrogens is 298 g/mol. The van der Waals surface area contributed by atoms with Crippen molar-refractivity contribution in [1.29, 1.82) is 5.26 Å². The highest BCUT2D eigenvalue weighted by Crippen LogP contribution is 2.30. The standard InChI is InChI=1S/C16H9N3O4/c17-8-10-5-9-6-14(20)15(21)7-13(9)19(16(10)22)12-3-1-11(18-23)2-4-12/h1-7,20-21H/p+1. The van der Waals surface area contributed by atoms with E-state index in [0.717, 1.165) is 0 Å². The molecule has 0 aliphatic rings. The number of rotatable bonds is 2. The van der Waals surface area contributed by atoms with Gasteiger partial charge in [0.2, 0.25) is 0 Å². The van der Waals surface area contributed by atoms with Gasteiger partial charge in [0.15, 0.2) is 11.5 Å². The number of aromatic nitrogens is 1. The van der Waals surface area contributed by atoms with Crippen molar-refractivity contribution in [2.45, 2.75) is 0 Å². The Labute approximate surface area is 129 Å². The van der Waals surface area contributed by atoms with Gasteiger partial charge in [0.25, 0.3) is 11.2 Å². The number of pyridine rings is 1. The van der Waals surface area contributed by atoms with E-state index in [2.05, 4.69) is 0 Å². The van der Waals surface area contributed by atoms with Gasteiger partial charge < -0.3 is 10.2 Å². The second kappa shape index (κ2) is 5.27. The van der Waals surface area contributed by atoms with E-state index in [-0.39, 0.29) is 17.1 Å². The predicted molar refractivity (Wildman–Crippen MR) is 81.6 cm³/mol. The lowest BCUT2D eigenvalue weighted by molar-refractivity contribution is -0.379. The molecule has 0 saturated heterocycles. The highest BCUT2D eigenvalue weighted by molar-refractivity contribution is 5.85. The van der Waals surface area contributed by atoms with Gasteiger partial charge in [-0.15, -0.1) is 0 Å². The topological polar surface area (TPSA) is 117 Å². The monoisotopic (exact) mass is 308 g/mol. The largest absolute Gasteiger partial charge is 0.504 e. The van der Waals surface area contributed by atoms with E-state index in [1.54, 1.807) is 5.18 Å². The van der Waals surface area contributed by atoms with Gasteiger partial charge >= 0.3 is 0 Å². The van der Waals surface area contributed by atoms with Gasteiger partial charge in [-0.05, 0) is 24.3 Å². The first-order valence-electron chi connectivity index (χ1n) is 6.55. The molecular formula is C16H10N3O4+. The Kier molecular flexibility index (Phi) is 3.27. The third-order valence-electron chi connectivity index (χ3n) is 3.46. The van der Waals surface area contributed by atoms with Gasteiger partial charge in [-0.3, -0.25) is 9.36 Å². The van der Waals surface area contributed by atoms with Gasteiger partial charge in [-0.2, -0.15) is 5.26 Å².